The SMILES string of the molecule is CCCC1CCC(C2CCC(COc3ccc(C)c(C(F)F)c3F)CC2)CC1. The Balaban J connectivity index is 1.45. The molecule has 0 amide bonds. The zero-order valence-electron chi connectivity index (χ0n) is 17.4. The van der Waals surface area contributed by atoms with Crippen LogP contribution in [0, 0.1) is 36.4 Å². The lowest BCUT2D eigenvalue weighted by Crippen LogP contribution is -2.27. The highest BCUT2D eigenvalue weighted by Crippen LogP contribution is 2.42. The van der Waals surface area contributed by atoms with Crippen LogP contribution in [-0.4, -0.2) is 6.61 Å². The second-order valence-electron chi connectivity index (χ2n) is 9.07. The highest BCUT2D eigenvalue weighted by atomic mass is 19.3. The van der Waals surface area contributed by atoms with Gasteiger partial charge in [-0.2, -0.15) is 0 Å². The van der Waals surface area contributed by atoms with E-state index >= 15 is 0 Å². The smallest absolute Gasteiger partial charge is 0.267 e. The monoisotopic (exact) mass is 396 g/mol. The van der Waals surface area contributed by atoms with E-state index in [4.69, 9.17) is 4.74 Å². The molecule has 1 aromatic carbocycles. The van der Waals surface area contributed by atoms with Crippen molar-refractivity contribution in [1.82, 2.24) is 0 Å². The van der Waals surface area contributed by atoms with Crippen molar-refractivity contribution in [1.29, 1.82) is 0 Å². The average Bonchev–Trinajstić information content (AvgIpc) is 2.68. The van der Waals surface area contributed by atoms with E-state index in [-0.39, 0.29) is 11.3 Å². The maximum absolute atomic E-state index is 14.3. The van der Waals surface area contributed by atoms with Gasteiger partial charge in [0.1, 0.15) is 0 Å². The molecule has 0 saturated heterocycles. The van der Waals surface area contributed by atoms with Crippen molar-refractivity contribution < 1.29 is 17.9 Å². The number of hydrogen-bond acceptors (Lipinski definition) is 1. The lowest BCUT2D eigenvalue weighted by atomic mass is 9.69. The molecule has 158 valence electrons. The molecule has 0 bridgehead atoms. The van der Waals surface area contributed by atoms with Gasteiger partial charge in [0.05, 0.1) is 12.2 Å². The highest BCUT2D eigenvalue weighted by Gasteiger charge is 2.31. The molecule has 2 saturated carbocycles. The predicted molar refractivity (Wildman–Crippen MR) is 107 cm³/mol. The number of alkyl halides is 2. The predicted octanol–water partition coefficient (Wildman–Crippen LogP) is 7.86. The maximum Gasteiger partial charge on any atom is 0.267 e. The summed E-state index contributed by atoms with van der Waals surface area (Å²) < 4.78 is 46.1. The minimum Gasteiger partial charge on any atom is -0.490 e. The molecule has 0 atom stereocenters. The molecule has 28 heavy (non-hydrogen) atoms. The third-order valence-electron chi connectivity index (χ3n) is 7.20. The fraction of sp³-hybridized carbons (Fsp3) is 0.750. The van der Waals surface area contributed by atoms with E-state index in [2.05, 4.69) is 6.92 Å². The van der Waals surface area contributed by atoms with Crippen molar-refractivity contribution in [2.45, 2.75) is 84.5 Å². The topological polar surface area (TPSA) is 9.23 Å². The van der Waals surface area contributed by atoms with Gasteiger partial charge in [-0.25, -0.2) is 13.2 Å². The Morgan fingerprint density at radius 2 is 1.50 bits per heavy atom. The van der Waals surface area contributed by atoms with Gasteiger partial charge in [0.2, 0.25) is 0 Å². The van der Waals surface area contributed by atoms with E-state index in [0.29, 0.717) is 12.5 Å². The molecule has 0 aromatic heterocycles. The molecule has 3 rings (SSSR count). The Kier molecular flexibility index (Phi) is 7.70. The number of hydrogen-bond donors (Lipinski definition) is 0. The van der Waals surface area contributed by atoms with Crippen molar-refractivity contribution in [3.63, 3.8) is 0 Å². The summed E-state index contributed by atoms with van der Waals surface area (Å²) in [6, 6.07) is 3.00. The van der Waals surface area contributed by atoms with E-state index in [0.717, 1.165) is 30.6 Å². The van der Waals surface area contributed by atoms with Gasteiger partial charge >= 0.3 is 0 Å². The first-order valence-electron chi connectivity index (χ1n) is 11.2. The molecular weight excluding hydrogens is 361 g/mol. The summed E-state index contributed by atoms with van der Waals surface area (Å²) in [4.78, 5) is 0. The lowest BCUT2D eigenvalue weighted by molar-refractivity contribution is 0.119. The molecule has 1 aromatic rings. The summed E-state index contributed by atoms with van der Waals surface area (Å²) in [7, 11) is 0. The highest BCUT2D eigenvalue weighted by molar-refractivity contribution is 5.37. The molecule has 0 radical (unpaired) electrons. The van der Waals surface area contributed by atoms with Crippen LogP contribution in [0.25, 0.3) is 0 Å². The van der Waals surface area contributed by atoms with Crippen molar-refractivity contribution in [2.75, 3.05) is 6.61 Å². The van der Waals surface area contributed by atoms with Crippen LogP contribution < -0.4 is 4.74 Å². The fourth-order valence-electron chi connectivity index (χ4n) is 5.44. The number of aryl methyl sites for hydroxylation is 1. The van der Waals surface area contributed by atoms with Gasteiger partial charge in [0, 0.05) is 0 Å². The van der Waals surface area contributed by atoms with E-state index < -0.39 is 17.8 Å². The number of benzene rings is 1. The van der Waals surface area contributed by atoms with Crippen LogP contribution in [-0.2, 0) is 0 Å². The minimum absolute atomic E-state index is 0.0303. The third kappa shape index (κ3) is 5.24. The largest absolute Gasteiger partial charge is 0.490 e. The Bertz CT molecular complexity index is 615. The Hall–Kier alpha value is -1.19. The van der Waals surface area contributed by atoms with Crippen molar-refractivity contribution in [2.24, 2.45) is 23.7 Å². The fourth-order valence-corrected chi connectivity index (χ4v) is 5.44. The van der Waals surface area contributed by atoms with Crippen LogP contribution in [0.15, 0.2) is 12.1 Å². The van der Waals surface area contributed by atoms with Crippen molar-refractivity contribution in [3.05, 3.63) is 29.1 Å². The molecule has 2 aliphatic rings. The van der Waals surface area contributed by atoms with Crippen LogP contribution in [0.4, 0.5) is 13.2 Å². The molecule has 4 heteroatoms. The van der Waals surface area contributed by atoms with Gasteiger partial charge < -0.3 is 4.74 Å². The van der Waals surface area contributed by atoms with E-state index in [9.17, 15) is 13.2 Å². The zero-order valence-corrected chi connectivity index (χ0v) is 17.4. The lowest BCUT2D eigenvalue weighted by Gasteiger charge is -2.37. The minimum atomic E-state index is -2.81. The number of ether oxygens (including phenoxy) is 1. The molecule has 0 heterocycles. The first kappa shape index (κ1) is 21.5. The van der Waals surface area contributed by atoms with Crippen LogP contribution in [0.5, 0.6) is 5.75 Å². The normalized spacial score (nSPS) is 28.5. The van der Waals surface area contributed by atoms with Crippen LogP contribution >= 0.6 is 0 Å². The van der Waals surface area contributed by atoms with Gasteiger partial charge in [-0.1, -0.05) is 38.7 Å². The summed E-state index contributed by atoms with van der Waals surface area (Å²) >= 11 is 0. The molecule has 0 spiro atoms. The zero-order chi connectivity index (χ0) is 20.1. The third-order valence-corrected chi connectivity index (χ3v) is 7.20. The van der Waals surface area contributed by atoms with Gasteiger partial charge in [0.15, 0.2) is 11.6 Å². The molecule has 1 nitrogen and oxygen atoms in total. The summed E-state index contributed by atoms with van der Waals surface area (Å²) in [6.07, 6.45) is 10.1. The molecule has 2 fully saturated rings. The Labute approximate surface area is 168 Å². The first-order valence-corrected chi connectivity index (χ1v) is 11.2. The quantitative estimate of drug-likeness (QED) is 0.456. The second kappa shape index (κ2) is 10.0. The average molecular weight is 397 g/mol. The van der Waals surface area contributed by atoms with Gasteiger partial charge in [0.25, 0.3) is 6.43 Å². The summed E-state index contributed by atoms with van der Waals surface area (Å²) in [5.74, 6) is 2.15. The molecule has 0 aliphatic heterocycles. The van der Waals surface area contributed by atoms with Crippen LogP contribution in [0.2, 0.25) is 0 Å². The number of rotatable bonds is 7. The standard InChI is InChI=1S/C24H35F3O/c1-3-4-17-6-10-19(11-7-17)20-12-8-18(9-13-20)15-28-21-14-5-16(2)22(23(21)25)24(26)27/h5,14,17-20,24H,3-4,6-13,15H2,1-2H3. The molecular formula is C24H35F3O. The van der Waals surface area contributed by atoms with E-state index in [1.165, 1.54) is 70.4 Å². The molecule has 0 N–H and O–H groups in total. The van der Waals surface area contributed by atoms with Crippen molar-refractivity contribution >= 4 is 0 Å². The Morgan fingerprint density at radius 3 is 2.04 bits per heavy atom. The summed E-state index contributed by atoms with van der Waals surface area (Å²) in [5, 5.41) is 0. The molecule has 0 unspecified atom stereocenters. The first-order chi connectivity index (χ1) is 13.5. The van der Waals surface area contributed by atoms with E-state index in [1.807, 2.05) is 0 Å². The van der Waals surface area contributed by atoms with Crippen molar-refractivity contribution in [3.8, 4) is 5.75 Å². The second-order valence-corrected chi connectivity index (χ2v) is 9.07. The Morgan fingerprint density at radius 1 is 0.929 bits per heavy atom. The number of halogens is 3. The van der Waals surface area contributed by atoms with Gasteiger partial charge in [-0.05, 0) is 80.8 Å². The molecule has 2 aliphatic carbocycles. The van der Waals surface area contributed by atoms with E-state index in [1.54, 1.807) is 0 Å². The van der Waals surface area contributed by atoms with Gasteiger partial charge in [-0.15, -0.1) is 0 Å². The van der Waals surface area contributed by atoms with Gasteiger partial charge in [-0.3, -0.25) is 0 Å². The maximum atomic E-state index is 14.3. The van der Waals surface area contributed by atoms with Crippen LogP contribution in [0.3, 0.4) is 0 Å². The summed E-state index contributed by atoms with van der Waals surface area (Å²) in [5.41, 5.74) is -0.256. The van der Waals surface area contributed by atoms with Crippen LogP contribution in [0.1, 0.15) is 88.7 Å². The summed E-state index contributed by atoms with van der Waals surface area (Å²) in [6.45, 7) is 4.22.